The van der Waals surface area contributed by atoms with E-state index in [9.17, 15) is 0 Å². The fourth-order valence-corrected chi connectivity index (χ4v) is 3.98. The van der Waals surface area contributed by atoms with Crippen molar-refractivity contribution < 1.29 is 5.48 Å². The van der Waals surface area contributed by atoms with Crippen LogP contribution in [0.3, 0.4) is 0 Å². The molecule has 0 radical (unpaired) electrons. The number of hydrogen-bond acceptors (Lipinski definition) is 6. The summed E-state index contributed by atoms with van der Waals surface area (Å²) in [7, 11) is 0. The SMILES string of the molecule is Brc1cccnc1N1CCNCC1.Brc1cccnc1N1CCNCC1.Cl.Cl.O. The Bertz CT molecular complexity index is 644. The van der Waals surface area contributed by atoms with E-state index in [4.69, 9.17) is 0 Å². The summed E-state index contributed by atoms with van der Waals surface area (Å²) in [6, 6.07) is 7.94. The van der Waals surface area contributed by atoms with Gasteiger partial charge in [0.2, 0.25) is 0 Å². The first kappa shape index (κ1) is 28.3. The van der Waals surface area contributed by atoms with Crippen molar-refractivity contribution in [1.29, 1.82) is 0 Å². The number of nitrogens with zero attached hydrogens (tertiary/aromatic N) is 4. The first-order chi connectivity index (χ1) is 12.8. The highest BCUT2D eigenvalue weighted by Crippen LogP contribution is 2.23. The van der Waals surface area contributed by atoms with E-state index in [1.165, 1.54) is 0 Å². The summed E-state index contributed by atoms with van der Waals surface area (Å²) in [5.74, 6) is 2.12. The lowest BCUT2D eigenvalue weighted by Gasteiger charge is -2.28. The normalized spacial score (nSPS) is 15.7. The Balaban J connectivity index is 0.000000490. The van der Waals surface area contributed by atoms with Gasteiger partial charge in [-0.05, 0) is 56.1 Å². The molecule has 0 unspecified atom stereocenters. The van der Waals surface area contributed by atoms with Gasteiger partial charge in [0.25, 0.3) is 0 Å². The summed E-state index contributed by atoms with van der Waals surface area (Å²) < 4.78 is 2.16. The van der Waals surface area contributed by atoms with Gasteiger partial charge in [0.1, 0.15) is 11.6 Å². The summed E-state index contributed by atoms with van der Waals surface area (Å²) in [5.41, 5.74) is 0. The van der Waals surface area contributed by atoms with Gasteiger partial charge < -0.3 is 25.9 Å². The van der Waals surface area contributed by atoms with Crippen LogP contribution in [0.5, 0.6) is 0 Å². The Morgan fingerprint density at radius 2 is 1.03 bits per heavy atom. The van der Waals surface area contributed by atoms with Crippen LogP contribution in [0.4, 0.5) is 11.6 Å². The number of hydrogen-bond donors (Lipinski definition) is 2. The van der Waals surface area contributed by atoms with Crippen molar-refractivity contribution in [1.82, 2.24) is 20.6 Å². The van der Waals surface area contributed by atoms with Crippen molar-refractivity contribution in [2.45, 2.75) is 0 Å². The number of aromatic nitrogens is 2. The molecule has 4 N–H and O–H groups in total. The average molecular weight is 575 g/mol. The Labute approximate surface area is 201 Å². The van der Waals surface area contributed by atoms with Crippen molar-refractivity contribution in [3.8, 4) is 0 Å². The maximum absolute atomic E-state index is 4.35. The van der Waals surface area contributed by atoms with Crippen LogP contribution in [0.25, 0.3) is 0 Å². The van der Waals surface area contributed by atoms with Crippen molar-refractivity contribution in [3.63, 3.8) is 0 Å². The Morgan fingerprint density at radius 3 is 1.34 bits per heavy atom. The molecule has 2 saturated heterocycles. The first-order valence-corrected chi connectivity index (χ1v) is 10.5. The molecule has 11 heteroatoms. The van der Waals surface area contributed by atoms with Gasteiger partial charge >= 0.3 is 0 Å². The van der Waals surface area contributed by atoms with Crippen LogP contribution in [0.2, 0.25) is 0 Å². The highest BCUT2D eigenvalue weighted by molar-refractivity contribution is 9.11. The maximum atomic E-state index is 4.35. The van der Waals surface area contributed by atoms with Crippen molar-refractivity contribution in [2.24, 2.45) is 0 Å². The fourth-order valence-electron chi connectivity index (χ4n) is 2.97. The molecule has 2 aromatic heterocycles. The maximum Gasteiger partial charge on any atom is 0.142 e. The largest absolute Gasteiger partial charge is 0.412 e. The lowest BCUT2D eigenvalue weighted by Crippen LogP contribution is -2.44. The monoisotopic (exact) mass is 572 g/mol. The first-order valence-electron chi connectivity index (χ1n) is 8.88. The molecule has 29 heavy (non-hydrogen) atoms. The predicted molar refractivity (Wildman–Crippen MR) is 132 cm³/mol. The zero-order valence-electron chi connectivity index (χ0n) is 16.0. The standard InChI is InChI=1S/2C9H12BrN3.2ClH.H2O/c2*10-8-2-1-3-12-9(8)13-6-4-11-5-7-13;;;/h2*1-3,11H,4-7H2;2*1H;1H2. The quantitative estimate of drug-likeness (QED) is 0.573. The summed E-state index contributed by atoms with van der Waals surface area (Å²) in [4.78, 5) is 13.3. The highest BCUT2D eigenvalue weighted by atomic mass is 79.9. The van der Waals surface area contributed by atoms with E-state index in [-0.39, 0.29) is 30.3 Å². The Kier molecular flexibility index (Phi) is 14.8. The van der Waals surface area contributed by atoms with Gasteiger partial charge in [0.05, 0.1) is 8.95 Å². The van der Waals surface area contributed by atoms with Crippen molar-refractivity contribution >= 4 is 68.3 Å². The molecule has 0 bridgehead atoms. The van der Waals surface area contributed by atoms with Crippen LogP contribution >= 0.6 is 56.7 Å². The van der Waals surface area contributed by atoms with Gasteiger partial charge in [-0.15, -0.1) is 24.8 Å². The van der Waals surface area contributed by atoms with Crippen LogP contribution in [0, 0.1) is 0 Å². The zero-order valence-corrected chi connectivity index (χ0v) is 20.8. The number of rotatable bonds is 2. The van der Waals surface area contributed by atoms with E-state index in [2.05, 4.69) is 62.3 Å². The smallest absolute Gasteiger partial charge is 0.142 e. The summed E-state index contributed by atoms with van der Waals surface area (Å²) in [6.07, 6.45) is 3.67. The number of piperazine rings is 2. The molecule has 4 heterocycles. The van der Waals surface area contributed by atoms with Gasteiger partial charge in [-0.3, -0.25) is 0 Å². The van der Waals surface area contributed by atoms with Gasteiger partial charge in [-0.25, -0.2) is 9.97 Å². The number of nitrogens with one attached hydrogen (secondary N) is 2. The van der Waals surface area contributed by atoms with E-state index < -0.39 is 0 Å². The molecule has 164 valence electrons. The molecule has 2 fully saturated rings. The van der Waals surface area contributed by atoms with Gasteiger partial charge in [0.15, 0.2) is 0 Å². The molecule has 2 aliphatic rings. The van der Waals surface area contributed by atoms with E-state index in [1.54, 1.807) is 0 Å². The molecule has 7 nitrogen and oxygen atoms in total. The average Bonchev–Trinajstić information content (AvgIpc) is 2.71. The third-order valence-corrected chi connectivity index (χ3v) is 5.55. The molecule has 0 atom stereocenters. The molecule has 2 aliphatic heterocycles. The molecule has 0 amide bonds. The summed E-state index contributed by atoms with van der Waals surface area (Å²) in [5, 5.41) is 6.64. The molecular formula is C18H28Br2Cl2N6O. The molecule has 4 rings (SSSR count). The van der Waals surface area contributed by atoms with Gasteiger partial charge in [0, 0.05) is 64.8 Å². The van der Waals surface area contributed by atoms with E-state index in [1.807, 2.05) is 36.7 Å². The minimum Gasteiger partial charge on any atom is -0.412 e. The van der Waals surface area contributed by atoms with Crippen molar-refractivity contribution in [2.75, 3.05) is 62.2 Å². The highest BCUT2D eigenvalue weighted by Gasteiger charge is 2.14. The number of pyridine rings is 2. The van der Waals surface area contributed by atoms with Crippen LogP contribution < -0.4 is 20.4 Å². The van der Waals surface area contributed by atoms with Crippen molar-refractivity contribution in [3.05, 3.63) is 45.6 Å². The van der Waals surface area contributed by atoms with E-state index >= 15 is 0 Å². The van der Waals surface area contributed by atoms with Crippen LogP contribution in [0.1, 0.15) is 0 Å². The van der Waals surface area contributed by atoms with Crippen LogP contribution in [-0.4, -0.2) is 67.8 Å². The lowest BCUT2D eigenvalue weighted by molar-refractivity contribution is 0.584. The predicted octanol–water partition coefficient (Wildman–Crippen LogP) is 2.53. The van der Waals surface area contributed by atoms with Crippen LogP contribution in [0.15, 0.2) is 45.6 Å². The van der Waals surface area contributed by atoms with Gasteiger partial charge in [-0.2, -0.15) is 0 Å². The third-order valence-electron chi connectivity index (χ3n) is 4.31. The Morgan fingerprint density at radius 1 is 0.690 bits per heavy atom. The molecular weight excluding hydrogens is 547 g/mol. The molecule has 0 aromatic carbocycles. The molecule has 0 saturated carbocycles. The second-order valence-electron chi connectivity index (χ2n) is 6.09. The number of halogens is 4. The summed E-state index contributed by atoms with van der Waals surface area (Å²) in [6.45, 7) is 8.33. The molecule has 0 aliphatic carbocycles. The Hall–Kier alpha value is -0.680. The topological polar surface area (TPSA) is 87.8 Å². The molecule has 2 aromatic rings. The summed E-state index contributed by atoms with van der Waals surface area (Å²) >= 11 is 7.01. The fraction of sp³-hybridized carbons (Fsp3) is 0.444. The minimum atomic E-state index is 0. The van der Waals surface area contributed by atoms with E-state index in [0.29, 0.717) is 0 Å². The second kappa shape index (κ2) is 15.2. The van der Waals surface area contributed by atoms with Gasteiger partial charge in [-0.1, -0.05) is 0 Å². The third kappa shape index (κ3) is 8.53. The van der Waals surface area contributed by atoms with E-state index in [0.717, 1.165) is 72.9 Å². The zero-order chi connectivity index (χ0) is 18.2. The molecule has 0 spiro atoms. The minimum absolute atomic E-state index is 0. The number of anilines is 2. The van der Waals surface area contributed by atoms with Crippen LogP contribution in [-0.2, 0) is 0 Å². The second-order valence-corrected chi connectivity index (χ2v) is 7.80. The lowest BCUT2D eigenvalue weighted by atomic mass is 10.3.